The van der Waals surface area contributed by atoms with Gasteiger partial charge in [0.25, 0.3) is 0 Å². The van der Waals surface area contributed by atoms with Gasteiger partial charge in [-0.2, -0.15) is 0 Å². The fraction of sp³-hybridized carbons (Fsp3) is 0.353. The lowest BCUT2D eigenvalue weighted by molar-refractivity contribution is 0.134. The van der Waals surface area contributed by atoms with Gasteiger partial charge in [-0.1, -0.05) is 23.7 Å². The Morgan fingerprint density at radius 2 is 2.05 bits per heavy atom. The van der Waals surface area contributed by atoms with E-state index >= 15 is 0 Å². The maximum Gasteiger partial charge on any atom is 0.141 e. The molecule has 0 saturated carbocycles. The van der Waals surface area contributed by atoms with Crippen molar-refractivity contribution in [2.24, 2.45) is 0 Å². The van der Waals surface area contributed by atoms with Crippen LogP contribution >= 0.6 is 11.6 Å². The molecule has 1 saturated heterocycles. The minimum atomic E-state index is -0.738. The number of aromatic nitrogens is 1. The van der Waals surface area contributed by atoms with Crippen molar-refractivity contribution in [3.05, 3.63) is 64.7 Å². The van der Waals surface area contributed by atoms with Gasteiger partial charge in [0.15, 0.2) is 0 Å². The van der Waals surface area contributed by atoms with E-state index in [9.17, 15) is 9.50 Å². The van der Waals surface area contributed by atoms with Crippen LogP contribution in [0.2, 0.25) is 5.02 Å². The van der Waals surface area contributed by atoms with E-state index in [2.05, 4.69) is 10.3 Å². The van der Waals surface area contributed by atoms with Crippen LogP contribution in [0.25, 0.3) is 0 Å². The third-order valence-electron chi connectivity index (χ3n) is 4.12. The van der Waals surface area contributed by atoms with Gasteiger partial charge in [-0.3, -0.25) is 4.98 Å². The summed E-state index contributed by atoms with van der Waals surface area (Å²) in [4.78, 5) is 3.80. The molecule has 3 atom stereocenters. The highest BCUT2D eigenvalue weighted by Gasteiger charge is 2.30. The summed E-state index contributed by atoms with van der Waals surface area (Å²) in [6, 6.07) is 9.39. The Bertz CT molecular complexity index is 635. The van der Waals surface area contributed by atoms with Crippen molar-refractivity contribution >= 4 is 11.6 Å². The molecule has 0 amide bonds. The Balaban J connectivity index is 1.61. The molecule has 5 heteroatoms. The van der Waals surface area contributed by atoms with Gasteiger partial charge in [-0.25, -0.2) is 4.39 Å². The van der Waals surface area contributed by atoms with Gasteiger partial charge < -0.3 is 10.4 Å². The number of hydrogen-bond donors (Lipinski definition) is 2. The zero-order valence-corrected chi connectivity index (χ0v) is 12.8. The van der Waals surface area contributed by atoms with Crippen molar-refractivity contribution in [2.75, 3.05) is 0 Å². The normalized spacial score (nSPS) is 22.7. The van der Waals surface area contributed by atoms with Crippen LogP contribution in [0.3, 0.4) is 0 Å². The van der Waals surface area contributed by atoms with Crippen LogP contribution in [-0.4, -0.2) is 22.2 Å². The number of rotatable bonds is 4. The second kappa shape index (κ2) is 6.73. The van der Waals surface area contributed by atoms with Crippen LogP contribution in [-0.2, 0) is 6.42 Å². The van der Waals surface area contributed by atoms with Gasteiger partial charge in [0, 0.05) is 28.9 Å². The maximum absolute atomic E-state index is 13.2. The Kier molecular flexibility index (Phi) is 4.71. The van der Waals surface area contributed by atoms with Crippen molar-refractivity contribution in [1.29, 1.82) is 0 Å². The smallest absolute Gasteiger partial charge is 0.141 e. The van der Waals surface area contributed by atoms with Gasteiger partial charge in [0.05, 0.1) is 12.3 Å². The molecule has 116 valence electrons. The average molecular weight is 321 g/mol. The van der Waals surface area contributed by atoms with Crippen LogP contribution in [0.4, 0.5) is 4.39 Å². The highest BCUT2D eigenvalue weighted by atomic mass is 35.5. The van der Waals surface area contributed by atoms with Gasteiger partial charge in [-0.05, 0) is 43.0 Å². The van der Waals surface area contributed by atoms with Gasteiger partial charge >= 0.3 is 0 Å². The minimum absolute atomic E-state index is 0.0686. The fourth-order valence-corrected chi connectivity index (χ4v) is 3.11. The van der Waals surface area contributed by atoms with E-state index in [0.29, 0.717) is 11.6 Å². The van der Waals surface area contributed by atoms with E-state index in [0.717, 1.165) is 30.5 Å². The van der Waals surface area contributed by atoms with Crippen LogP contribution in [0.15, 0.2) is 42.7 Å². The standard InChI is InChI=1S/C17H18ClFN2O/c18-13-3-1-11(2-4-13)7-15-5-6-16(21-15)17(22)12-8-14(19)10-20-9-12/h1-4,8-10,15-17,21-22H,5-7H2/t15-,16+,17-/m0/s1. The second-order valence-corrected chi connectivity index (χ2v) is 6.20. The molecule has 1 aliphatic heterocycles. The molecule has 1 aromatic heterocycles. The zero-order valence-electron chi connectivity index (χ0n) is 12.0. The summed E-state index contributed by atoms with van der Waals surface area (Å²) in [7, 11) is 0. The van der Waals surface area contributed by atoms with Crippen molar-refractivity contribution in [2.45, 2.75) is 37.5 Å². The number of hydrogen-bond acceptors (Lipinski definition) is 3. The SMILES string of the molecule is O[C@@H](c1cncc(F)c1)[C@H]1CC[C@@H](Cc2ccc(Cl)cc2)N1. The van der Waals surface area contributed by atoms with Crippen molar-refractivity contribution in [3.8, 4) is 0 Å². The molecule has 2 aromatic rings. The molecule has 2 heterocycles. The molecule has 3 nitrogen and oxygen atoms in total. The van der Waals surface area contributed by atoms with Gasteiger partial charge in [-0.15, -0.1) is 0 Å². The molecule has 0 spiro atoms. The lowest BCUT2D eigenvalue weighted by Gasteiger charge is -2.20. The molecular weight excluding hydrogens is 303 g/mol. The topological polar surface area (TPSA) is 45.2 Å². The first-order valence-corrected chi connectivity index (χ1v) is 7.78. The van der Waals surface area contributed by atoms with E-state index in [1.54, 1.807) is 0 Å². The van der Waals surface area contributed by atoms with Crippen LogP contribution in [0.1, 0.15) is 30.1 Å². The summed E-state index contributed by atoms with van der Waals surface area (Å²) in [6.45, 7) is 0. The quantitative estimate of drug-likeness (QED) is 0.909. The number of nitrogens with one attached hydrogen (secondary N) is 1. The molecule has 22 heavy (non-hydrogen) atoms. The Morgan fingerprint density at radius 1 is 1.27 bits per heavy atom. The summed E-state index contributed by atoms with van der Waals surface area (Å²) < 4.78 is 13.2. The average Bonchev–Trinajstić information content (AvgIpc) is 2.97. The maximum atomic E-state index is 13.2. The van der Waals surface area contributed by atoms with E-state index < -0.39 is 11.9 Å². The summed E-state index contributed by atoms with van der Waals surface area (Å²) in [6.07, 6.45) is 4.65. The molecule has 0 radical (unpaired) electrons. The summed E-state index contributed by atoms with van der Waals surface area (Å²) >= 11 is 5.89. The van der Waals surface area contributed by atoms with Gasteiger partial charge in [0.1, 0.15) is 5.82 Å². The fourth-order valence-electron chi connectivity index (χ4n) is 2.99. The number of nitrogens with zero attached hydrogens (tertiary/aromatic N) is 1. The molecular formula is C17H18ClFN2O. The molecule has 3 rings (SSSR count). The molecule has 0 bridgehead atoms. The first-order chi connectivity index (χ1) is 10.6. The highest BCUT2D eigenvalue weighted by molar-refractivity contribution is 6.30. The summed E-state index contributed by atoms with van der Waals surface area (Å²) in [5.74, 6) is -0.424. The molecule has 1 fully saturated rings. The Hall–Kier alpha value is -1.49. The molecule has 0 unspecified atom stereocenters. The first kappa shape index (κ1) is 15.4. The Morgan fingerprint density at radius 3 is 2.77 bits per heavy atom. The number of aliphatic hydroxyl groups excluding tert-OH is 1. The number of halogens is 2. The predicted molar refractivity (Wildman–Crippen MR) is 84.3 cm³/mol. The lowest BCUT2D eigenvalue weighted by atomic mass is 10.0. The third kappa shape index (κ3) is 3.64. The zero-order chi connectivity index (χ0) is 15.5. The second-order valence-electron chi connectivity index (χ2n) is 5.76. The van der Waals surface area contributed by atoms with Crippen molar-refractivity contribution < 1.29 is 9.50 Å². The van der Waals surface area contributed by atoms with E-state index in [1.165, 1.54) is 17.8 Å². The largest absolute Gasteiger partial charge is 0.387 e. The summed E-state index contributed by atoms with van der Waals surface area (Å²) in [5.41, 5.74) is 1.73. The van der Waals surface area contributed by atoms with Crippen molar-refractivity contribution in [3.63, 3.8) is 0 Å². The molecule has 1 aromatic carbocycles. The molecule has 1 aliphatic rings. The van der Waals surface area contributed by atoms with Crippen molar-refractivity contribution in [1.82, 2.24) is 10.3 Å². The predicted octanol–water partition coefficient (Wildman–Crippen LogP) is 3.27. The highest BCUT2D eigenvalue weighted by Crippen LogP contribution is 2.26. The van der Waals surface area contributed by atoms with E-state index in [1.807, 2.05) is 24.3 Å². The van der Waals surface area contributed by atoms with Crippen LogP contribution < -0.4 is 5.32 Å². The molecule has 2 N–H and O–H groups in total. The summed E-state index contributed by atoms with van der Waals surface area (Å²) in [5, 5.41) is 14.5. The Labute approximate surface area is 134 Å². The van der Waals surface area contributed by atoms with E-state index in [4.69, 9.17) is 11.6 Å². The minimum Gasteiger partial charge on any atom is -0.387 e. The third-order valence-corrected chi connectivity index (χ3v) is 4.37. The van der Waals surface area contributed by atoms with Crippen LogP contribution in [0.5, 0.6) is 0 Å². The van der Waals surface area contributed by atoms with E-state index in [-0.39, 0.29) is 6.04 Å². The number of benzene rings is 1. The number of pyridine rings is 1. The monoisotopic (exact) mass is 320 g/mol. The number of aliphatic hydroxyl groups is 1. The van der Waals surface area contributed by atoms with Gasteiger partial charge in [0.2, 0.25) is 0 Å². The van der Waals surface area contributed by atoms with Crippen LogP contribution in [0, 0.1) is 5.82 Å². The molecule has 0 aliphatic carbocycles. The first-order valence-electron chi connectivity index (χ1n) is 7.41. The lowest BCUT2D eigenvalue weighted by Crippen LogP contribution is -2.35.